The molecule has 0 spiro atoms. The van der Waals surface area contributed by atoms with Crippen molar-refractivity contribution in [1.29, 1.82) is 0 Å². The zero-order valence-electron chi connectivity index (χ0n) is 12.9. The maximum Gasteiger partial charge on any atom is 0.116 e. The maximum atomic E-state index is 10.8. The summed E-state index contributed by atoms with van der Waals surface area (Å²) < 4.78 is 0. The lowest BCUT2D eigenvalue weighted by Crippen LogP contribution is -2.25. The van der Waals surface area contributed by atoms with Gasteiger partial charge < -0.3 is 5.11 Å². The van der Waals surface area contributed by atoms with Gasteiger partial charge in [-0.15, -0.1) is 4.91 Å². The second-order valence-corrected chi connectivity index (χ2v) is 7.17. The molecule has 0 atom stereocenters. The molecule has 3 nitrogen and oxygen atoms in total. The Hall–Kier alpha value is -1.22. The van der Waals surface area contributed by atoms with Crippen molar-refractivity contribution >= 4 is 5.69 Å². The van der Waals surface area contributed by atoms with Crippen LogP contribution in [0.3, 0.4) is 0 Å². The number of hydrogen-bond acceptors (Lipinski definition) is 3. The van der Waals surface area contributed by atoms with E-state index in [0.29, 0.717) is 11.3 Å². The summed E-state index contributed by atoms with van der Waals surface area (Å²) in [5, 5.41) is 12.4. The van der Waals surface area contributed by atoms with Crippen molar-refractivity contribution in [2.24, 2.45) is 10.6 Å². The van der Waals surface area contributed by atoms with Crippen LogP contribution in [0.2, 0.25) is 0 Å². The topological polar surface area (TPSA) is 49.7 Å². The molecule has 1 N–H and O–H groups in total. The van der Waals surface area contributed by atoms with E-state index < -0.39 is 0 Å². The smallest absolute Gasteiger partial charge is 0.116 e. The van der Waals surface area contributed by atoms with Gasteiger partial charge in [0, 0.05) is 5.56 Å². The lowest BCUT2D eigenvalue weighted by atomic mass is 9.71. The molecule has 1 aromatic carbocycles. The fraction of sp³-hybridized carbons (Fsp3) is 0.625. The van der Waals surface area contributed by atoms with Gasteiger partial charge in [0.05, 0.1) is 6.61 Å². The van der Waals surface area contributed by atoms with E-state index in [1.807, 2.05) is 19.1 Å². The van der Waals surface area contributed by atoms with Gasteiger partial charge in [-0.3, -0.25) is 0 Å². The highest BCUT2D eigenvalue weighted by Crippen LogP contribution is 2.38. The highest BCUT2D eigenvalue weighted by Gasteiger charge is 2.28. The Morgan fingerprint density at radius 2 is 1.74 bits per heavy atom. The van der Waals surface area contributed by atoms with Gasteiger partial charge in [-0.25, -0.2) is 0 Å². The van der Waals surface area contributed by atoms with Crippen molar-refractivity contribution in [3.8, 4) is 0 Å². The van der Waals surface area contributed by atoms with Crippen LogP contribution in [0.4, 0.5) is 5.69 Å². The first-order valence-corrected chi connectivity index (χ1v) is 6.69. The number of aliphatic hydroxyl groups is 1. The average Bonchev–Trinajstić information content (AvgIpc) is 2.24. The second-order valence-electron chi connectivity index (χ2n) is 7.17. The Morgan fingerprint density at radius 1 is 1.16 bits per heavy atom. The van der Waals surface area contributed by atoms with E-state index >= 15 is 0 Å². The standard InChI is InChI=1S/C16H25NO2/c1-11-7-13(8-12(9-18)14(11)17-19)16(5,6)10-15(2,3)4/h7-8,18H,9-10H2,1-6H3. The lowest BCUT2D eigenvalue weighted by Gasteiger charge is -2.33. The van der Waals surface area contributed by atoms with E-state index in [1.165, 1.54) is 0 Å². The minimum absolute atomic E-state index is 0.00561. The predicted molar refractivity (Wildman–Crippen MR) is 79.7 cm³/mol. The van der Waals surface area contributed by atoms with Gasteiger partial charge >= 0.3 is 0 Å². The van der Waals surface area contributed by atoms with Crippen LogP contribution in [-0.4, -0.2) is 5.11 Å². The van der Waals surface area contributed by atoms with Crippen LogP contribution < -0.4 is 0 Å². The Labute approximate surface area is 116 Å². The number of rotatable bonds is 4. The van der Waals surface area contributed by atoms with Crippen molar-refractivity contribution in [2.75, 3.05) is 0 Å². The zero-order valence-corrected chi connectivity index (χ0v) is 12.9. The van der Waals surface area contributed by atoms with E-state index in [0.717, 1.165) is 17.5 Å². The molecule has 0 bridgehead atoms. The summed E-state index contributed by atoms with van der Waals surface area (Å²) in [4.78, 5) is 10.8. The van der Waals surface area contributed by atoms with Crippen molar-refractivity contribution in [2.45, 2.75) is 60.0 Å². The van der Waals surface area contributed by atoms with Crippen LogP contribution in [0.25, 0.3) is 0 Å². The Balaban J connectivity index is 3.28. The van der Waals surface area contributed by atoms with Crippen LogP contribution in [0, 0.1) is 17.2 Å². The molecule has 0 aromatic heterocycles. The molecule has 0 aliphatic carbocycles. The molecule has 106 valence electrons. The summed E-state index contributed by atoms with van der Waals surface area (Å²) in [6, 6.07) is 3.93. The first-order chi connectivity index (χ1) is 8.60. The first kappa shape index (κ1) is 15.8. The Bertz CT molecular complexity index is 470. The molecule has 3 heteroatoms. The second kappa shape index (κ2) is 5.41. The van der Waals surface area contributed by atoms with Gasteiger partial charge in [-0.2, -0.15) is 0 Å². The Kier molecular flexibility index (Phi) is 4.51. The number of nitrogens with zero attached hydrogens (tertiary/aromatic N) is 1. The molecule has 1 aromatic rings. The van der Waals surface area contributed by atoms with Crippen molar-refractivity contribution in [3.05, 3.63) is 33.7 Å². The number of aryl methyl sites for hydroxylation is 1. The largest absolute Gasteiger partial charge is 0.392 e. The third-order valence-corrected chi connectivity index (χ3v) is 3.39. The molecular formula is C16H25NO2. The highest BCUT2D eigenvalue weighted by molar-refractivity contribution is 5.55. The summed E-state index contributed by atoms with van der Waals surface area (Å²) >= 11 is 0. The molecule has 0 saturated heterocycles. The number of nitroso groups, excluding NO2 is 1. The van der Waals surface area contributed by atoms with Gasteiger partial charge in [0.1, 0.15) is 5.69 Å². The fourth-order valence-electron chi connectivity index (χ4n) is 2.92. The third-order valence-electron chi connectivity index (χ3n) is 3.39. The van der Waals surface area contributed by atoms with Crippen molar-refractivity contribution in [1.82, 2.24) is 0 Å². The van der Waals surface area contributed by atoms with Crippen molar-refractivity contribution in [3.63, 3.8) is 0 Å². The van der Waals surface area contributed by atoms with Crippen LogP contribution in [-0.2, 0) is 12.0 Å². The van der Waals surface area contributed by atoms with Crippen LogP contribution in [0.5, 0.6) is 0 Å². The molecule has 0 amide bonds. The van der Waals surface area contributed by atoms with Gasteiger partial charge in [0.15, 0.2) is 0 Å². The molecule has 19 heavy (non-hydrogen) atoms. The highest BCUT2D eigenvalue weighted by atomic mass is 16.3. The molecule has 0 radical (unpaired) electrons. The van der Waals surface area contributed by atoms with Crippen LogP contribution >= 0.6 is 0 Å². The van der Waals surface area contributed by atoms with Gasteiger partial charge in [-0.05, 0) is 40.5 Å². The van der Waals surface area contributed by atoms with Gasteiger partial charge in [-0.1, -0.05) is 46.8 Å². The van der Waals surface area contributed by atoms with E-state index in [1.54, 1.807) is 0 Å². The normalized spacial score (nSPS) is 12.6. The molecule has 0 fully saturated rings. The minimum Gasteiger partial charge on any atom is -0.392 e. The molecule has 0 heterocycles. The Morgan fingerprint density at radius 3 is 2.16 bits per heavy atom. The summed E-state index contributed by atoms with van der Waals surface area (Å²) in [5.74, 6) is 0. The maximum absolute atomic E-state index is 10.8. The summed E-state index contributed by atoms with van der Waals surface area (Å²) in [6.45, 7) is 12.8. The van der Waals surface area contributed by atoms with Gasteiger partial charge in [0.25, 0.3) is 0 Å². The SMILES string of the molecule is Cc1cc(C(C)(C)CC(C)(C)C)cc(CO)c1N=O. The summed E-state index contributed by atoms with van der Waals surface area (Å²) in [6.07, 6.45) is 1.03. The monoisotopic (exact) mass is 263 g/mol. The van der Waals surface area contributed by atoms with E-state index in [9.17, 15) is 10.0 Å². The van der Waals surface area contributed by atoms with Crippen molar-refractivity contribution < 1.29 is 5.11 Å². The molecule has 0 saturated carbocycles. The number of benzene rings is 1. The number of hydrogen-bond donors (Lipinski definition) is 1. The molecule has 0 aliphatic rings. The quantitative estimate of drug-likeness (QED) is 0.807. The van der Waals surface area contributed by atoms with E-state index in [2.05, 4.69) is 39.8 Å². The van der Waals surface area contributed by atoms with Crippen LogP contribution in [0.15, 0.2) is 17.3 Å². The summed E-state index contributed by atoms with van der Waals surface area (Å²) in [5.41, 5.74) is 3.19. The van der Waals surface area contributed by atoms with Gasteiger partial charge in [0.2, 0.25) is 0 Å². The number of aliphatic hydroxyl groups excluding tert-OH is 1. The molecular weight excluding hydrogens is 238 g/mol. The van der Waals surface area contributed by atoms with E-state index in [4.69, 9.17) is 0 Å². The molecule has 1 rings (SSSR count). The molecule has 0 unspecified atom stereocenters. The first-order valence-electron chi connectivity index (χ1n) is 6.69. The summed E-state index contributed by atoms with van der Waals surface area (Å²) in [7, 11) is 0. The average molecular weight is 263 g/mol. The third kappa shape index (κ3) is 3.87. The minimum atomic E-state index is -0.151. The van der Waals surface area contributed by atoms with Crippen LogP contribution in [0.1, 0.15) is 57.7 Å². The van der Waals surface area contributed by atoms with E-state index in [-0.39, 0.29) is 17.4 Å². The fourth-order valence-corrected chi connectivity index (χ4v) is 2.92. The molecule has 0 aliphatic heterocycles. The predicted octanol–water partition coefficient (Wildman–Crippen LogP) is 4.60. The lowest BCUT2D eigenvalue weighted by molar-refractivity contribution is 0.277. The zero-order chi connectivity index (χ0) is 14.8.